The predicted octanol–water partition coefficient (Wildman–Crippen LogP) is 1.60. The van der Waals surface area contributed by atoms with Crippen LogP contribution in [0.1, 0.15) is 18.4 Å². The van der Waals surface area contributed by atoms with Crippen molar-refractivity contribution in [2.24, 2.45) is 5.73 Å². The van der Waals surface area contributed by atoms with Gasteiger partial charge in [0.1, 0.15) is 11.6 Å². The highest BCUT2D eigenvalue weighted by molar-refractivity contribution is 5.19. The van der Waals surface area contributed by atoms with Gasteiger partial charge in [0.2, 0.25) is 0 Å². The quantitative estimate of drug-likeness (QED) is 0.791. The van der Waals surface area contributed by atoms with Crippen molar-refractivity contribution in [3.63, 3.8) is 0 Å². The van der Waals surface area contributed by atoms with E-state index >= 15 is 0 Å². The number of hydrogen-bond donors (Lipinski definition) is 2. The zero-order valence-corrected chi connectivity index (χ0v) is 11.0. The summed E-state index contributed by atoms with van der Waals surface area (Å²) in [5.74, 6) is -1.15. The highest BCUT2D eigenvalue weighted by atomic mass is 19.1. The van der Waals surface area contributed by atoms with Crippen molar-refractivity contribution in [1.29, 1.82) is 0 Å². The predicted molar refractivity (Wildman–Crippen MR) is 69.9 cm³/mol. The number of rotatable bonds is 7. The SMILES string of the molecule is COC(CNC1CC1)C(N)Cc1cc(F)cc(F)c1. The Labute approximate surface area is 112 Å². The number of nitrogens with one attached hydrogen (secondary N) is 1. The standard InChI is InChI=1S/C14H20F2N2O/c1-19-14(8-18-12-2-3-12)13(17)6-9-4-10(15)7-11(16)5-9/h4-5,7,12-14,18H,2-3,6,8,17H2,1H3. The molecule has 0 heterocycles. The van der Waals surface area contributed by atoms with Crippen LogP contribution in [0.2, 0.25) is 0 Å². The van der Waals surface area contributed by atoms with Crippen molar-refractivity contribution in [2.45, 2.75) is 37.5 Å². The second-order valence-electron chi connectivity index (χ2n) is 5.10. The maximum Gasteiger partial charge on any atom is 0.126 e. The summed E-state index contributed by atoms with van der Waals surface area (Å²) in [6, 6.07) is 3.76. The van der Waals surface area contributed by atoms with Gasteiger partial charge in [0.15, 0.2) is 0 Å². The van der Waals surface area contributed by atoms with Crippen molar-refractivity contribution < 1.29 is 13.5 Å². The molecule has 0 bridgehead atoms. The van der Waals surface area contributed by atoms with Gasteiger partial charge in [0.05, 0.1) is 6.10 Å². The van der Waals surface area contributed by atoms with Crippen LogP contribution >= 0.6 is 0 Å². The molecule has 106 valence electrons. The summed E-state index contributed by atoms with van der Waals surface area (Å²) >= 11 is 0. The van der Waals surface area contributed by atoms with Gasteiger partial charge in [-0.25, -0.2) is 8.78 Å². The van der Waals surface area contributed by atoms with E-state index in [0.717, 1.165) is 6.07 Å². The Hall–Kier alpha value is -1.04. The maximum absolute atomic E-state index is 13.1. The normalized spacial score (nSPS) is 18.3. The van der Waals surface area contributed by atoms with Crippen LogP contribution in [-0.4, -0.2) is 31.8 Å². The van der Waals surface area contributed by atoms with Crippen LogP contribution in [0.4, 0.5) is 8.78 Å². The van der Waals surface area contributed by atoms with Crippen molar-refractivity contribution in [1.82, 2.24) is 5.32 Å². The Morgan fingerprint density at radius 3 is 2.47 bits per heavy atom. The molecule has 0 aromatic heterocycles. The number of benzene rings is 1. The number of hydrogen-bond acceptors (Lipinski definition) is 3. The van der Waals surface area contributed by atoms with Crippen molar-refractivity contribution in [3.05, 3.63) is 35.4 Å². The summed E-state index contributed by atoms with van der Waals surface area (Å²) in [6.07, 6.45) is 2.62. The first-order valence-corrected chi connectivity index (χ1v) is 6.55. The topological polar surface area (TPSA) is 47.3 Å². The lowest BCUT2D eigenvalue weighted by atomic mass is 10.0. The van der Waals surface area contributed by atoms with Crippen molar-refractivity contribution in [2.75, 3.05) is 13.7 Å². The Balaban J connectivity index is 1.90. The molecule has 3 N–H and O–H groups in total. The van der Waals surface area contributed by atoms with Gasteiger partial charge in [-0.15, -0.1) is 0 Å². The molecule has 1 aromatic rings. The molecule has 1 aromatic carbocycles. The molecule has 2 atom stereocenters. The first-order chi connectivity index (χ1) is 9.08. The number of nitrogens with two attached hydrogens (primary N) is 1. The van der Waals surface area contributed by atoms with Crippen LogP contribution < -0.4 is 11.1 Å². The Morgan fingerprint density at radius 2 is 1.95 bits per heavy atom. The van der Waals surface area contributed by atoms with E-state index < -0.39 is 11.6 Å². The number of methoxy groups -OCH3 is 1. The third-order valence-electron chi connectivity index (χ3n) is 3.36. The molecule has 1 fully saturated rings. The molecule has 1 aliphatic carbocycles. The van der Waals surface area contributed by atoms with Gasteiger partial charge in [-0.3, -0.25) is 0 Å². The van der Waals surface area contributed by atoms with Crippen LogP contribution in [0.25, 0.3) is 0 Å². The lowest BCUT2D eigenvalue weighted by Crippen LogP contribution is -2.44. The fourth-order valence-electron chi connectivity index (χ4n) is 2.11. The lowest BCUT2D eigenvalue weighted by molar-refractivity contribution is 0.0794. The van der Waals surface area contributed by atoms with Crippen LogP contribution in [0.15, 0.2) is 18.2 Å². The fourth-order valence-corrected chi connectivity index (χ4v) is 2.11. The van der Waals surface area contributed by atoms with Gasteiger partial charge in [-0.1, -0.05) is 0 Å². The van der Waals surface area contributed by atoms with E-state index in [1.807, 2.05) is 0 Å². The first kappa shape index (κ1) is 14.4. The summed E-state index contributed by atoms with van der Waals surface area (Å²) in [5, 5.41) is 3.34. The zero-order chi connectivity index (χ0) is 13.8. The van der Waals surface area contributed by atoms with Crippen LogP contribution in [-0.2, 0) is 11.2 Å². The van der Waals surface area contributed by atoms with Crippen LogP contribution in [0.5, 0.6) is 0 Å². The molecule has 0 aliphatic heterocycles. The molecule has 5 heteroatoms. The van der Waals surface area contributed by atoms with E-state index in [1.165, 1.54) is 25.0 Å². The molecule has 0 saturated heterocycles. The smallest absolute Gasteiger partial charge is 0.126 e. The highest BCUT2D eigenvalue weighted by Crippen LogP contribution is 2.19. The van der Waals surface area contributed by atoms with E-state index in [2.05, 4.69) is 5.32 Å². The highest BCUT2D eigenvalue weighted by Gasteiger charge is 2.24. The van der Waals surface area contributed by atoms with E-state index in [-0.39, 0.29) is 12.1 Å². The van der Waals surface area contributed by atoms with Crippen LogP contribution in [0.3, 0.4) is 0 Å². The van der Waals surface area contributed by atoms with Gasteiger partial charge >= 0.3 is 0 Å². The summed E-state index contributed by atoms with van der Waals surface area (Å²) in [5.41, 5.74) is 6.61. The monoisotopic (exact) mass is 270 g/mol. The molecule has 19 heavy (non-hydrogen) atoms. The molecular weight excluding hydrogens is 250 g/mol. The van der Waals surface area contributed by atoms with E-state index in [4.69, 9.17) is 10.5 Å². The summed E-state index contributed by atoms with van der Waals surface area (Å²) in [6.45, 7) is 0.667. The Kier molecular flexibility index (Phi) is 4.85. The molecular formula is C14H20F2N2O. The summed E-state index contributed by atoms with van der Waals surface area (Å²) in [7, 11) is 1.60. The first-order valence-electron chi connectivity index (χ1n) is 6.55. The molecule has 2 unspecified atom stereocenters. The van der Waals surface area contributed by atoms with Gasteiger partial charge < -0.3 is 15.8 Å². The van der Waals surface area contributed by atoms with Crippen molar-refractivity contribution >= 4 is 0 Å². The Bertz CT molecular complexity index is 404. The van der Waals surface area contributed by atoms with E-state index in [1.54, 1.807) is 7.11 Å². The summed E-state index contributed by atoms with van der Waals surface area (Å²) < 4.78 is 31.5. The zero-order valence-electron chi connectivity index (χ0n) is 11.0. The second kappa shape index (κ2) is 6.41. The third-order valence-corrected chi connectivity index (χ3v) is 3.36. The number of halogens is 2. The van der Waals surface area contributed by atoms with Crippen LogP contribution in [0, 0.1) is 11.6 Å². The van der Waals surface area contributed by atoms with Gasteiger partial charge in [-0.05, 0) is 37.0 Å². The molecule has 1 aliphatic rings. The minimum Gasteiger partial charge on any atom is -0.379 e. The largest absolute Gasteiger partial charge is 0.379 e. The molecule has 0 radical (unpaired) electrons. The lowest BCUT2D eigenvalue weighted by Gasteiger charge is -2.23. The maximum atomic E-state index is 13.1. The molecule has 0 spiro atoms. The van der Waals surface area contributed by atoms with Gasteiger partial charge in [-0.2, -0.15) is 0 Å². The van der Waals surface area contributed by atoms with Crippen molar-refractivity contribution in [3.8, 4) is 0 Å². The van der Waals surface area contributed by atoms with Gasteiger partial charge in [0, 0.05) is 31.8 Å². The summed E-state index contributed by atoms with van der Waals surface area (Å²) in [4.78, 5) is 0. The average molecular weight is 270 g/mol. The van der Waals surface area contributed by atoms with E-state index in [0.29, 0.717) is 24.6 Å². The minimum atomic E-state index is -0.577. The molecule has 1 saturated carbocycles. The molecule has 3 nitrogen and oxygen atoms in total. The minimum absolute atomic E-state index is 0.160. The molecule has 0 amide bonds. The average Bonchev–Trinajstić information content (AvgIpc) is 3.12. The fraction of sp³-hybridized carbons (Fsp3) is 0.571. The number of ether oxygens (including phenoxy) is 1. The Morgan fingerprint density at radius 1 is 1.32 bits per heavy atom. The molecule has 2 rings (SSSR count). The second-order valence-corrected chi connectivity index (χ2v) is 5.10. The van der Waals surface area contributed by atoms with E-state index in [9.17, 15) is 8.78 Å². The third kappa shape index (κ3) is 4.53. The van der Waals surface area contributed by atoms with Gasteiger partial charge in [0.25, 0.3) is 0 Å².